The Hall–Kier alpha value is -1.90. The number of rotatable bonds is 7. The molecule has 1 aliphatic rings. The Morgan fingerprint density at radius 2 is 2.00 bits per heavy atom. The van der Waals surface area contributed by atoms with E-state index in [-0.39, 0.29) is 36.5 Å². The van der Waals surface area contributed by atoms with Crippen molar-refractivity contribution in [3.05, 3.63) is 41.5 Å². The highest BCUT2D eigenvalue weighted by molar-refractivity contribution is 5.93. The van der Waals surface area contributed by atoms with Crippen LogP contribution in [0.1, 0.15) is 41.5 Å². The van der Waals surface area contributed by atoms with Crippen molar-refractivity contribution < 1.29 is 9.18 Å². The summed E-state index contributed by atoms with van der Waals surface area (Å²) >= 11 is 0. The van der Waals surface area contributed by atoms with Crippen LogP contribution in [-0.2, 0) is 0 Å². The van der Waals surface area contributed by atoms with Crippen LogP contribution in [0, 0.1) is 12.7 Å². The largest absolute Gasteiger partial charge is 0.372 e. The molecule has 162 valence electrons. The fourth-order valence-corrected chi connectivity index (χ4v) is 3.43. The van der Waals surface area contributed by atoms with Gasteiger partial charge in [0.1, 0.15) is 5.82 Å². The third-order valence-electron chi connectivity index (χ3n) is 5.02. The molecule has 0 unspecified atom stereocenters. The van der Waals surface area contributed by atoms with Crippen molar-refractivity contribution in [3.8, 4) is 0 Å². The highest BCUT2D eigenvalue weighted by Gasteiger charge is 2.22. The van der Waals surface area contributed by atoms with Crippen LogP contribution in [0.4, 0.5) is 10.1 Å². The molecule has 29 heavy (non-hydrogen) atoms. The fourth-order valence-electron chi connectivity index (χ4n) is 3.43. The van der Waals surface area contributed by atoms with Gasteiger partial charge in [0.15, 0.2) is 5.69 Å². The molecule has 2 N–H and O–H groups in total. The molecule has 0 aliphatic carbocycles. The van der Waals surface area contributed by atoms with Gasteiger partial charge in [-0.25, -0.2) is 9.07 Å². The molecule has 1 aromatic heterocycles. The summed E-state index contributed by atoms with van der Waals surface area (Å²) in [6, 6.07) is 6.98. The predicted molar refractivity (Wildman–Crippen MR) is 117 cm³/mol. The van der Waals surface area contributed by atoms with Crippen LogP contribution in [0.5, 0.6) is 0 Å². The Kier molecular flexibility index (Phi) is 10.4. The average molecular weight is 447 g/mol. The van der Waals surface area contributed by atoms with Crippen LogP contribution in [0.3, 0.4) is 0 Å². The minimum absolute atomic E-state index is 0. The highest BCUT2D eigenvalue weighted by atomic mass is 35.5. The maximum Gasteiger partial charge on any atom is 0.273 e. The summed E-state index contributed by atoms with van der Waals surface area (Å²) in [6.07, 6.45) is 2.69. The Labute approximate surface area is 183 Å². The smallest absolute Gasteiger partial charge is 0.273 e. The number of nitrogens with one attached hydrogen (secondary N) is 2. The molecule has 0 saturated carbocycles. The van der Waals surface area contributed by atoms with E-state index >= 15 is 0 Å². The van der Waals surface area contributed by atoms with Gasteiger partial charge in [0.2, 0.25) is 0 Å². The number of anilines is 1. The Morgan fingerprint density at radius 3 is 2.69 bits per heavy atom. The van der Waals surface area contributed by atoms with Crippen molar-refractivity contribution in [2.75, 3.05) is 38.1 Å². The van der Waals surface area contributed by atoms with Crippen LogP contribution >= 0.6 is 24.8 Å². The number of para-hydroxylation sites is 1. The Balaban J connectivity index is 0.00000210. The maximum atomic E-state index is 13.8. The zero-order chi connectivity index (χ0) is 19.2. The molecule has 7 nitrogen and oxygen atoms in total. The van der Waals surface area contributed by atoms with Crippen molar-refractivity contribution in [3.63, 3.8) is 0 Å². The zero-order valence-electron chi connectivity index (χ0n) is 16.7. The van der Waals surface area contributed by atoms with Gasteiger partial charge in [0, 0.05) is 20.1 Å². The third kappa shape index (κ3) is 6.29. The van der Waals surface area contributed by atoms with Gasteiger partial charge in [0.25, 0.3) is 5.91 Å². The van der Waals surface area contributed by atoms with E-state index in [0.29, 0.717) is 36.9 Å². The summed E-state index contributed by atoms with van der Waals surface area (Å²) in [6.45, 7) is 4.95. The summed E-state index contributed by atoms with van der Waals surface area (Å²) < 4.78 is 15.6. The van der Waals surface area contributed by atoms with E-state index < -0.39 is 0 Å². The lowest BCUT2D eigenvalue weighted by Gasteiger charge is -2.23. The molecule has 1 amide bonds. The van der Waals surface area contributed by atoms with Gasteiger partial charge in [-0.05, 0) is 51.4 Å². The quantitative estimate of drug-likeness (QED) is 0.639. The van der Waals surface area contributed by atoms with E-state index in [1.54, 1.807) is 12.1 Å². The van der Waals surface area contributed by atoms with Gasteiger partial charge >= 0.3 is 0 Å². The summed E-state index contributed by atoms with van der Waals surface area (Å²) in [5, 5.41) is 14.5. The van der Waals surface area contributed by atoms with Crippen LogP contribution < -0.4 is 15.5 Å². The molecule has 1 fully saturated rings. The number of nitrogens with zero attached hydrogens (tertiary/aromatic N) is 4. The van der Waals surface area contributed by atoms with Crippen LogP contribution in [-0.4, -0.2) is 54.1 Å². The van der Waals surface area contributed by atoms with E-state index in [4.69, 9.17) is 0 Å². The minimum atomic E-state index is -0.241. The number of carbonyl (C=O) groups excluding carboxylic acids is 1. The van der Waals surface area contributed by atoms with Crippen molar-refractivity contribution in [2.45, 2.75) is 32.2 Å². The first kappa shape index (κ1) is 25.1. The zero-order valence-corrected chi connectivity index (χ0v) is 18.4. The molecule has 3 rings (SSSR count). The number of hydrogen-bond acceptors (Lipinski definition) is 5. The molecule has 2 aromatic rings. The van der Waals surface area contributed by atoms with Crippen molar-refractivity contribution in [2.24, 2.45) is 0 Å². The first-order chi connectivity index (χ1) is 13.1. The lowest BCUT2D eigenvalue weighted by atomic mass is 10.1. The standard InChI is InChI=1S/C19H27FN6O.2ClH/c1-14-18(23-24-26(14)15-8-11-21-12-9-15)19(27)22-10-5-13-25(2)17-7-4-3-6-16(17)20;;/h3-4,6-7,15,21H,5,8-13H2,1-2H3,(H,22,27);2*1H. The maximum absolute atomic E-state index is 13.8. The van der Waals surface area contributed by atoms with Gasteiger partial charge in [-0.3, -0.25) is 4.79 Å². The van der Waals surface area contributed by atoms with E-state index in [9.17, 15) is 9.18 Å². The van der Waals surface area contributed by atoms with Gasteiger partial charge in [0.05, 0.1) is 17.4 Å². The Bertz CT molecular complexity index is 782. The summed E-state index contributed by atoms with van der Waals surface area (Å²) in [5.41, 5.74) is 1.75. The second-order valence-electron chi connectivity index (χ2n) is 6.93. The monoisotopic (exact) mass is 446 g/mol. The second-order valence-corrected chi connectivity index (χ2v) is 6.93. The minimum Gasteiger partial charge on any atom is -0.372 e. The Morgan fingerprint density at radius 1 is 1.31 bits per heavy atom. The molecule has 0 bridgehead atoms. The van der Waals surface area contributed by atoms with Crippen molar-refractivity contribution in [1.82, 2.24) is 25.6 Å². The molecule has 0 radical (unpaired) electrons. The number of halogens is 3. The molecule has 2 heterocycles. The molecule has 1 aromatic carbocycles. The van der Waals surface area contributed by atoms with Gasteiger partial charge < -0.3 is 15.5 Å². The van der Waals surface area contributed by atoms with Crippen LogP contribution in [0.15, 0.2) is 24.3 Å². The van der Waals surface area contributed by atoms with Gasteiger partial charge in [-0.2, -0.15) is 0 Å². The van der Waals surface area contributed by atoms with E-state index in [0.717, 1.165) is 31.6 Å². The second kappa shape index (κ2) is 11.9. The molecule has 10 heteroatoms. The van der Waals surface area contributed by atoms with E-state index in [1.807, 2.05) is 29.6 Å². The molecule has 0 spiro atoms. The van der Waals surface area contributed by atoms with Crippen LogP contribution in [0.25, 0.3) is 0 Å². The lowest BCUT2D eigenvalue weighted by Crippen LogP contribution is -2.31. The topological polar surface area (TPSA) is 75.1 Å². The molecule has 1 aliphatic heterocycles. The van der Waals surface area contributed by atoms with Gasteiger partial charge in [-0.15, -0.1) is 29.9 Å². The number of carbonyl (C=O) groups is 1. The SMILES string of the molecule is Cc1c(C(=O)NCCCN(C)c2ccccc2F)nnn1C1CCNCC1.Cl.Cl. The van der Waals surface area contributed by atoms with Crippen LogP contribution in [0.2, 0.25) is 0 Å². The first-order valence-corrected chi connectivity index (χ1v) is 9.44. The van der Waals surface area contributed by atoms with Gasteiger partial charge in [-0.1, -0.05) is 17.3 Å². The molecular formula is C19H29Cl2FN6O. The third-order valence-corrected chi connectivity index (χ3v) is 5.02. The number of amides is 1. The summed E-state index contributed by atoms with van der Waals surface area (Å²) in [5.74, 6) is -0.449. The number of hydrogen-bond donors (Lipinski definition) is 2. The van der Waals surface area contributed by atoms with E-state index in [2.05, 4.69) is 20.9 Å². The first-order valence-electron chi connectivity index (χ1n) is 9.44. The normalized spacial score (nSPS) is 13.9. The lowest BCUT2D eigenvalue weighted by molar-refractivity contribution is 0.0947. The van der Waals surface area contributed by atoms with Crippen molar-refractivity contribution in [1.29, 1.82) is 0 Å². The highest BCUT2D eigenvalue weighted by Crippen LogP contribution is 2.20. The predicted octanol–water partition coefficient (Wildman–Crippen LogP) is 2.75. The number of aromatic nitrogens is 3. The average Bonchev–Trinajstić information content (AvgIpc) is 3.07. The number of piperidine rings is 1. The summed E-state index contributed by atoms with van der Waals surface area (Å²) in [4.78, 5) is 14.3. The molecule has 0 atom stereocenters. The van der Waals surface area contributed by atoms with E-state index in [1.165, 1.54) is 6.07 Å². The van der Waals surface area contributed by atoms with Crippen molar-refractivity contribution >= 4 is 36.4 Å². The fraction of sp³-hybridized carbons (Fsp3) is 0.526. The number of benzene rings is 1. The molecule has 1 saturated heterocycles. The molecular weight excluding hydrogens is 418 g/mol. The summed E-state index contributed by atoms with van der Waals surface area (Å²) in [7, 11) is 1.84.